The fraction of sp³-hybridized carbons (Fsp3) is 0.571. The van der Waals surface area contributed by atoms with Gasteiger partial charge in [0.1, 0.15) is 5.75 Å². The van der Waals surface area contributed by atoms with Gasteiger partial charge in [0.2, 0.25) is 0 Å². The zero-order chi connectivity index (χ0) is 14.3. The smallest absolute Gasteiger partial charge is 0.404 e. The van der Waals surface area contributed by atoms with Crippen molar-refractivity contribution in [2.75, 3.05) is 0 Å². The molecule has 0 spiro atoms. The first-order valence-corrected chi connectivity index (χ1v) is 8.36. The molecular weight excluding hydrogens is 263 g/mol. The minimum Gasteiger partial charge on any atom is -0.404 e. The molecule has 4 nitrogen and oxygen atoms in total. The molecule has 1 aromatic carbocycles. The third-order valence-electron chi connectivity index (χ3n) is 3.11. The Balaban J connectivity index is 2.86. The van der Waals surface area contributed by atoms with Gasteiger partial charge in [-0.15, -0.1) is 0 Å². The normalized spacial score (nSPS) is 11.6. The second-order valence-electron chi connectivity index (χ2n) is 4.64. The highest BCUT2D eigenvalue weighted by Gasteiger charge is 2.19. The molecule has 0 saturated heterocycles. The van der Waals surface area contributed by atoms with Gasteiger partial charge in [0, 0.05) is 0 Å². The van der Waals surface area contributed by atoms with Gasteiger partial charge < -0.3 is 4.52 Å². The van der Waals surface area contributed by atoms with E-state index in [1.165, 1.54) is 12.8 Å². The quantitative estimate of drug-likeness (QED) is 0.563. The van der Waals surface area contributed by atoms with E-state index in [1.807, 2.05) is 13.0 Å². The monoisotopic (exact) mass is 286 g/mol. The van der Waals surface area contributed by atoms with Gasteiger partial charge in [-0.2, -0.15) is 0 Å². The van der Waals surface area contributed by atoms with Gasteiger partial charge >= 0.3 is 7.82 Å². The van der Waals surface area contributed by atoms with Gasteiger partial charge in [0.15, 0.2) is 0 Å². The maximum Gasteiger partial charge on any atom is 0.524 e. The van der Waals surface area contributed by atoms with Crippen molar-refractivity contribution in [3.63, 3.8) is 0 Å². The van der Waals surface area contributed by atoms with Gasteiger partial charge in [0.05, 0.1) is 0 Å². The molecule has 0 amide bonds. The Bertz CT molecular complexity index is 439. The van der Waals surface area contributed by atoms with Crippen molar-refractivity contribution in [3.8, 4) is 5.75 Å². The summed E-state index contributed by atoms with van der Waals surface area (Å²) in [6.45, 7) is 4.19. The molecule has 1 aromatic rings. The van der Waals surface area contributed by atoms with Crippen LogP contribution < -0.4 is 4.52 Å². The molecule has 0 unspecified atom stereocenters. The largest absolute Gasteiger partial charge is 0.524 e. The third-order valence-corrected chi connectivity index (χ3v) is 3.54. The van der Waals surface area contributed by atoms with E-state index in [-0.39, 0.29) is 0 Å². The van der Waals surface area contributed by atoms with Crippen LogP contribution in [0.3, 0.4) is 0 Å². The Kier molecular flexibility index (Phi) is 6.56. The van der Waals surface area contributed by atoms with E-state index in [9.17, 15) is 4.57 Å². The Morgan fingerprint density at radius 1 is 1.16 bits per heavy atom. The fourth-order valence-electron chi connectivity index (χ4n) is 2.17. The van der Waals surface area contributed by atoms with E-state index >= 15 is 0 Å². The second kappa shape index (κ2) is 7.68. The summed E-state index contributed by atoms with van der Waals surface area (Å²) < 4.78 is 15.8. The van der Waals surface area contributed by atoms with E-state index in [2.05, 4.69) is 6.92 Å². The molecule has 0 fully saturated rings. The molecule has 0 aliphatic carbocycles. The Labute approximate surface area is 115 Å². The first-order valence-electron chi connectivity index (χ1n) is 6.83. The molecule has 0 aliphatic heterocycles. The van der Waals surface area contributed by atoms with Gasteiger partial charge in [0.25, 0.3) is 0 Å². The Morgan fingerprint density at radius 3 is 2.47 bits per heavy atom. The van der Waals surface area contributed by atoms with Crippen molar-refractivity contribution in [1.82, 2.24) is 0 Å². The molecule has 1 rings (SSSR count). The van der Waals surface area contributed by atoms with Gasteiger partial charge in [-0.25, -0.2) is 4.57 Å². The van der Waals surface area contributed by atoms with E-state index in [0.29, 0.717) is 5.75 Å². The topological polar surface area (TPSA) is 66.8 Å². The molecule has 5 heteroatoms. The molecule has 0 saturated carbocycles. The van der Waals surface area contributed by atoms with Gasteiger partial charge in [-0.05, 0) is 36.5 Å². The lowest BCUT2D eigenvalue weighted by Crippen LogP contribution is -2.00. The summed E-state index contributed by atoms with van der Waals surface area (Å²) >= 11 is 0. The van der Waals surface area contributed by atoms with Crippen LogP contribution in [0.25, 0.3) is 0 Å². The lowest BCUT2D eigenvalue weighted by molar-refractivity contribution is 0.282. The number of rotatable bonds is 8. The van der Waals surface area contributed by atoms with Gasteiger partial charge in [-0.3, -0.25) is 9.79 Å². The van der Waals surface area contributed by atoms with Crippen molar-refractivity contribution in [1.29, 1.82) is 0 Å². The molecule has 0 aromatic heterocycles. The average Bonchev–Trinajstić information content (AvgIpc) is 2.34. The minimum absolute atomic E-state index is 0.323. The van der Waals surface area contributed by atoms with Crippen molar-refractivity contribution in [2.45, 2.75) is 52.4 Å². The summed E-state index contributed by atoms with van der Waals surface area (Å²) in [5.41, 5.74) is 2.03. The first-order chi connectivity index (χ1) is 8.98. The summed E-state index contributed by atoms with van der Waals surface area (Å²) in [6, 6.07) is 5.40. The molecule has 0 aliphatic rings. The van der Waals surface area contributed by atoms with Crippen LogP contribution in [0.2, 0.25) is 0 Å². The number of benzene rings is 1. The average molecular weight is 286 g/mol. The van der Waals surface area contributed by atoms with Crippen LogP contribution >= 0.6 is 7.82 Å². The second-order valence-corrected chi connectivity index (χ2v) is 5.80. The number of unbranched alkanes of at least 4 members (excludes halogenated alkanes) is 3. The zero-order valence-electron chi connectivity index (χ0n) is 11.6. The van der Waals surface area contributed by atoms with Crippen LogP contribution in [-0.2, 0) is 17.4 Å². The predicted octanol–water partition coefficient (Wildman–Crippen LogP) is 3.84. The highest BCUT2D eigenvalue weighted by molar-refractivity contribution is 7.46. The summed E-state index contributed by atoms with van der Waals surface area (Å²) in [4.78, 5) is 17.9. The molecule has 108 valence electrons. The number of hydrogen-bond acceptors (Lipinski definition) is 2. The van der Waals surface area contributed by atoms with Gasteiger partial charge in [-0.1, -0.05) is 45.2 Å². The van der Waals surface area contributed by atoms with E-state index in [1.54, 1.807) is 12.1 Å². The lowest BCUT2D eigenvalue weighted by atomic mass is 9.98. The SMILES string of the molecule is CCCCCCc1c(CC)cccc1OP(=O)(O)O. The highest BCUT2D eigenvalue weighted by atomic mass is 31.2. The van der Waals surface area contributed by atoms with Crippen LogP contribution in [0.15, 0.2) is 18.2 Å². The minimum atomic E-state index is -4.49. The molecule has 19 heavy (non-hydrogen) atoms. The standard InChI is InChI=1S/C14H23O4P/c1-3-5-6-7-10-13-12(4-2)9-8-11-14(13)18-19(15,16)17/h8-9,11H,3-7,10H2,1-2H3,(H2,15,16,17). The van der Waals surface area contributed by atoms with E-state index in [0.717, 1.165) is 36.8 Å². The summed E-state index contributed by atoms with van der Waals surface area (Å²) in [7, 11) is -4.49. The van der Waals surface area contributed by atoms with Crippen molar-refractivity contribution in [2.24, 2.45) is 0 Å². The third kappa shape index (κ3) is 5.77. The first kappa shape index (κ1) is 16.2. The maximum atomic E-state index is 11.0. The molecule has 0 heterocycles. The van der Waals surface area contributed by atoms with E-state index in [4.69, 9.17) is 14.3 Å². The van der Waals surface area contributed by atoms with Crippen LogP contribution in [0.5, 0.6) is 5.75 Å². The van der Waals surface area contributed by atoms with Crippen LogP contribution in [0, 0.1) is 0 Å². The number of aryl methyl sites for hydroxylation is 1. The van der Waals surface area contributed by atoms with Crippen LogP contribution in [0.1, 0.15) is 50.7 Å². The number of phosphoric ester groups is 1. The van der Waals surface area contributed by atoms with E-state index < -0.39 is 7.82 Å². The lowest BCUT2D eigenvalue weighted by Gasteiger charge is -2.15. The van der Waals surface area contributed by atoms with Crippen LogP contribution in [0.4, 0.5) is 0 Å². The molecule has 0 bridgehead atoms. The molecule has 0 radical (unpaired) electrons. The summed E-state index contributed by atoms with van der Waals surface area (Å²) in [5.74, 6) is 0.323. The maximum absolute atomic E-state index is 11.0. The molecular formula is C14H23O4P. The fourth-order valence-corrected chi connectivity index (χ4v) is 2.60. The summed E-state index contributed by atoms with van der Waals surface area (Å²) in [5, 5.41) is 0. The van der Waals surface area contributed by atoms with Crippen molar-refractivity contribution >= 4 is 7.82 Å². The molecule has 2 N–H and O–H groups in total. The Morgan fingerprint density at radius 2 is 1.89 bits per heavy atom. The summed E-state index contributed by atoms with van der Waals surface area (Å²) in [6.07, 6.45) is 6.14. The Hall–Kier alpha value is -0.830. The highest BCUT2D eigenvalue weighted by Crippen LogP contribution is 2.40. The van der Waals surface area contributed by atoms with Crippen molar-refractivity contribution in [3.05, 3.63) is 29.3 Å². The van der Waals surface area contributed by atoms with Crippen LogP contribution in [-0.4, -0.2) is 9.79 Å². The number of hydrogen-bond donors (Lipinski definition) is 2. The zero-order valence-corrected chi connectivity index (χ0v) is 12.5. The molecule has 0 atom stereocenters. The number of phosphoric acid groups is 1. The predicted molar refractivity (Wildman–Crippen MR) is 76.3 cm³/mol. The van der Waals surface area contributed by atoms with Crippen molar-refractivity contribution < 1.29 is 18.9 Å².